The van der Waals surface area contributed by atoms with Crippen LogP contribution in [0, 0.1) is 0 Å². The highest BCUT2D eigenvalue weighted by molar-refractivity contribution is 5.88. The Hall–Kier alpha value is -3.15. The molecule has 0 amide bonds. The van der Waals surface area contributed by atoms with Crippen LogP contribution in [0.3, 0.4) is 0 Å². The monoisotopic (exact) mass is 439 g/mol. The number of nitrogens with one attached hydrogen (secondary N) is 1. The average Bonchev–Trinajstić information content (AvgIpc) is 3.30. The van der Waals surface area contributed by atoms with E-state index in [0.717, 1.165) is 30.5 Å². The van der Waals surface area contributed by atoms with Gasteiger partial charge in [0.25, 0.3) is 0 Å². The second kappa shape index (κ2) is 7.84. The predicted molar refractivity (Wildman–Crippen MR) is 102 cm³/mol. The van der Waals surface area contributed by atoms with Crippen molar-refractivity contribution in [2.24, 2.45) is 0 Å². The third kappa shape index (κ3) is 3.82. The lowest BCUT2D eigenvalue weighted by Gasteiger charge is -2.18. The summed E-state index contributed by atoms with van der Waals surface area (Å²) in [5.41, 5.74) is -0.380. The van der Waals surface area contributed by atoms with Crippen LogP contribution in [0.15, 0.2) is 27.4 Å². The molecule has 0 spiro atoms. The van der Waals surface area contributed by atoms with Gasteiger partial charge in [0.2, 0.25) is 5.89 Å². The number of nitrogens with zero attached hydrogens (tertiary/aromatic N) is 4. The van der Waals surface area contributed by atoms with Crippen molar-refractivity contribution in [1.82, 2.24) is 24.6 Å². The fraction of sp³-hybridized carbons (Fsp3) is 0.474. The number of imidazole rings is 1. The third-order valence-corrected chi connectivity index (χ3v) is 5.12. The molecule has 1 aromatic carbocycles. The predicted octanol–water partition coefficient (Wildman–Crippen LogP) is 2.69. The molecule has 0 atom stereocenters. The summed E-state index contributed by atoms with van der Waals surface area (Å²) in [6.45, 7) is 4.98. The smallest absolute Gasteiger partial charge is 0.418 e. The molecular formula is C19H20F3N5O4. The molecule has 1 aliphatic rings. The van der Waals surface area contributed by atoms with Gasteiger partial charge in [0, 0.05) is 12.0 Å². The number of rotatable bonds is 4. The molecule has 0 bridgehead atoms. The Morgan fingerprint density at radius 3 is 2.61 bits per heavy atom. The van der Waals surface area contributed by atoms with E-state index in [-0.39, 0.29) is 28.7 Å². The van der Waals surface area contributed by atoms with Gasteiger partial charge >= 0.3 is 23.9 Å². The molecule has 12 heteroatoms. The number of para-hydroxylation sites is 1. The summed E-state index contributed by atoms with van der Waals surface area (Å²) in [6, 6.07) is 3.54. The van der Waals surface area contributed by atoms with Gasteiger partial charge < -0.3 is 14.5 Å². The number of ether oxygens (including phenoxy) is 1. The van der Waals surface area contributed by atoms with Crippen LogP contribution in [-0.4, -0.2) is 44.6 Å². The van der Waals surface area contributed by atoms with E-state index in [4.69, 9.17) is 4.42 Å². The first-order valence-corrected chi connectivity index (χ1v) is 9.78. The molecule has 3 aromatic rings. The van der Waals surface area contributed by atoms with Gasteiger partial charge in [-0.3, -0.25) is 4.57 Å². The maximum absolute atomic E-state index is 13.2. The molecule has 9 nitrogen and oxygen atoms in total. The van der Waals surface area contributed by atoms with Crippen molar-refractivity contribution in [3.05, 3.63) is 34.6 Å². The fourth-order valence-electron chi connectivity index (χ4n) is 3.69. The first-order chi connectivity index (χ1) is 14.7. The first-order valence-electron chi connectivity index (χ1n) is 9.78. The van der Waals surface area contributed by atoms with Crippen LogP contribution in [0.25, 0.3) is 17.0 Å². The summed E-state index contributed by atoms with van der Waals surface area (Å²) >= 11 is 0. The second-order valence-electron chi connectivity index (χ2n) is 7.54. The van der Waals surface area contributed by atoms with Gasteiger partial charge in [-0.25, -0.2) is 14.2 Å². The Morgan fingerprint density at radius 2 is 1.97 bits per heavy atom. The summed E-state index contributed by atoms with van der Waals surface area (Å²) in [5.74, 6) is -2.31. The lowest BCUT2D eigenvalue weighted by molar-refractivity contribution is -0.189. The number of carbonyl (C=O) groups excluding carboxylic acids is 1. The SMILES string of the molecule is CC(C)n1c(=O)n(-c2nnc(C3CCNCC3)o2)c2cccc(OC(=O)C(F)(F)F)c21. The molecule has 0 saturated carbocycles. The van der Waals surface area contributed by atoms with Crippen LogP contribution in [0.2, 0.25) is 0 Å². The minimum Gasteiger partial charge on any atom is -0.418 e. The van der Waals surface area contributed by atoms with E-state index in [9.17, 15) is 22.8 Å². The number of aromatic nitrogens is 4. The molecule has 4 rings (SSSR count). The highest BCUT2D eigenvalue weighted by atomic mass is 19.4. The first kappa shape index (κ1) is 21.1. The van der Waals surface area contributed by atoms with E-state index < -0.39 is 23.9 Å². The van der Waals surface area contributed by atoms with Crippen molar-refractivity contribution in [2.45, 2.75) is 44.8 Å². The molecule has 2 aromatic heterocycles. The zero-order valence-corrected chi connectivity index (χ0v) is 16.8. The molecule has 166 valence electrons. The molecule has 1 N–H and O–H groups in total. The topological polar surface area (TPSA) is 104 Å². The third-order valence-electron chi connectivity index (χ3n) is 5.12. The van der Waals surface area contributed by atoms with E-state index in [1.54, 1.807) is 13.8 Å². The van der Waals surface area contributed by atoms with Gasteiger partial charge in [-0.2, -0.15) is 13.2 Å². The van der Waals surface area contributed by atoms with Crippen molar-refractivity contribution >= 4 is 17.0 Å². The van der Waals surface area contributed by atoms with Crippen LogP contribution in [0.4, 0.5) is 13.2 Å². The number of benzene rings is 1. The summed E-state index contributed by atoms with van der Waals surface area (Å²) < 4.78 is 50.9. The minimum atomic E-state index is -5.18. The normalized spacial score (nSPS) is 15.7. The quantitative estimate of drug-likeness (QED) is 0.492. The van der Waals surface area contributed by atoms with Crippen LogP contribution in [0.5, 0.6) is 5.75 Å². The van der Waals surface area contributed by atoms with Gasteiger partial charge in [0.05, 0.1) is 5.52 Å². The number of esters is 1. The Morgan fingerprint density at radius 1 is 1.26 bits per heavy atom. The maximum Gasteiger partial charge on any atom is 0.491 e. The van der Waals surface area contributed by atoms with E-state index >= 15 is 0 Å². The zero-order valence-electron chi connectivity index (χ0n) is 16.8. The summed E-state index contributed by atoms with van der Waals surface area (Å²) in [6.07, 6.45) is -3.56. The molecule has 0 aliphatic carbocycles. The Labute approximate surface area is 173 Å². The molecule has 1 fully saturated rings. The van der Waals surface area contributed by atoms with Crippen molar-refractivity contribution in [3.63, 3.8) is 0 Å². The van der Waals surface area contributed by atoms with Crippen LogP contribution in [-0.2, 0) is 4.79 Å². The zero-order chi connectivity index (χ0) is 22.3. The Balaban J connectivity index is 1.85. The van der Waals surface area contributed by atoms with Gasteiger partial charge in [-0.15, -0.1) is 5.10 Å². The van der Waals surface area contributed by atoms with E-state index in [0.29, 0.717) is 5.89 Å². The van der Waals surface area contributed by atoms with Gasteiger partial charge in [-0.1, -0.05) is 11.2 Å². The number of halogens is 3. The second-order valence-corrected chi connectivity index (χ2v) is 7.54. The van der Waals surface area contributed by atoms with Crippen molar-refractivity contribution in [2.75, 3.05) is 13.1 Å². The molecule has 0 radical (unpaired) electrons. The van der Waals surface area contributed by atoms with E-state index in [1.807, 2.05) is 0 Å². The number of hydrogen-bond donors (Lipinski definition) is 1. The number of alkyl halides is 3. The molecule has 1 aliphatic heterocycles. The van der Waals surface area contributed by atoms with Crippen LogP contribution >= 0.6 is 0 Å². The lowest BCUT2D eigenvalue weighted by Crippen LogP contribution is -2.28. The summed E-state index contributed by atoms with van der Waals surface area (Å²) in [5, 5.41) is 11.3. The molecule has 1 saturated heterocycles. The molecule has 0 unspecified atom stereocenters. The van der Waals surface area contributed by atoms with Crippen LogP contribution < -0.4 is 15.7 Å². The minimum absolute atomic E-state index is 0.0294. The van der Waals surface area contributed by atoms with E-state index in [1.165, 1.54) is 22.8 Å². The van der Waals surface area contributed by atoms with Crippen molar-refractivity contribution < 1.29 is 27.1 Å². The van der Waals surface area contributed by atoms with Gasteiger partial charge in [0.1, 0.15) is 5.52 Å². The van der Waals surface area contributed by atoms with E-state index in [2.05, 4.69) is 20.3 Å². The standard InChI is InChI=1S/C19H20F3N5O4/c1-10(2)26-14-12(4-3-5-13(14)30-16(28)19(20,21)22)27(18(26)29)17-25-24-15(31-17)11-6-8-23-9-7-11/h3-5,10-11,23H,6-9H2,1-2H3. The average molecular weight is 439 g/mol. The molecule has 31 heavy (non-hydrogen) atoms. The fourth-order valence-corrected chi connectivity index (χ4v) is 3.69. The highest BCUT2D eigenvalue weighted by Gasteiger charge is 2.42. The van der Waals surface area contributed by atoms with Gasteiger partial charge in [0.15, 0.2) is 5.75 Å². The van der Waals surface area contributed by atoms with Crippen molar-refractivity contribution in [3.8, 4) is 11.8 Å². The van der Waals surface area contributed by atoms with Crippen molar-refractivity contribution in [1.29, 1.82) is 0 Å². The Bertz CT molecular complexity index is 1170. The van der Waals surface area contributed by atoms with Crippen LogP contribution in [0.1, 0.15) is 44.5 Å². The lowest BCUT2D eigenvalue weighted by atomic mass is 9.98. The number of fused-ring (bicyclic) bond motifs is 1. The highest BCUT2D eigenvalue weighted by Crippen LogP contribution is 2.31. The Kier molecular flexibility index (Phi) is 5.33. The number of carbonyl (C=O) groups is 1. The van der Waals surface area contributed by atoms with Gasteiger partial charge in [-0.05, 0) is 51.9 Å². The summed E-state index contributed by atoms with van der Waals surface area (Å²) in [4.78, 5) is 24.6. The number of piperidine rings is 1. The molecule has 3 heterocycles. The summed E-state index contributed by atoms with van der Waals surface area (Å²) in [7, 11) is 0. The number of hydrogen-bond acceptors (Lipinski definition) is 7. The largest absolute Gasteiger partial charge is 0.491 e. The maximum atomic E-state index is 13.2. The molecular weight excluding hydrogens is 419 g/mol.